The van der Waals surface area contributed by atoms with E-state index in [2.05, 4.69) is 35.5 Å². The molecule has 0 saturated carbocycles. The van der Waals surface area contributed by atoms with E-state index in [0.717, 1.165) is 12.4 Å². The highest BCUT2D eigenvalue weighted by Gasteiger charge is 2.17. The highest BCUT2D eigenvalue weighted by molar-refractivity contribution is 5.76. The molecule has 0 aliphatic carbocycles. The molecule has 5 nitrogen and oxygen atoms in total. The number of aromatic nitrogens is 2. The monoisotopic (exact) mass is 329 g/mol. The van der Waals surface area contributed by atoms with Crippen LogP contribution >= 0.6 is 0 Å². The quantitative estimate of drug-likeness (QED) is 0.710. The van der Waals surface area contributed by atoms with Gasteiger partial charge in [-0.05, 0) is 11.5 Å². The van der Waals surface area contributed by atoms with Gasteiger partial charge in [-0.15, -0.1) is 0 Å². The fourth-order valence-electron chi connectivity index (χ4n) is 2.56. The van der Waals surface area contributed by atoms with Crippen LogP contribution < -0.4 is 0 Å². The van der Waals surface area contributed by atoms with Crippen molar-refractivity contribution in [3.63, 3.8) is 0 Å². The lowest BCUT2D eigenvalue weighted by Crippen LogP contribution is -2.35. The molecule has 0 spiro atoms. The molecule has 2 aromatic rings. The van der Waals surface area contributed by atoms with Crippen molar-refractivity contribution in [1.82, 2.24) is 14.5 Å². The Hall–Kier alpha value is -2.14. The van der Waals surface area contributed by atoms with E-state index in [1.165, 1.54) is 5.56 Å². The number of amides is 1. The molecule has 1 heterocycles. The average Bonchev–Trinajstić information content (AvgIpc) is 2.98. The van der Waals surface area contributed by atoms with Crippen LogP contribution in [0.15, 0.2) is 42.7 Å². The number of carbonyl (C=O) groups is 1. The largest absolute Gasteiger partial charge is 0.383 e. The number of ether oxygens (including phenoxy) is 1. The van der Waals surface area contributed by atoms with Gasteiger partial charge in [0.2, 0.25) is 5.91 Å². The Morgan fingerprint density at radius 3 is 2.71 bits per heavy atom. The van der Waals surface area contributed by atoms with Crippen molar-refractivity contribution in [1.29, 1.82) is 0 Å². The number of hydrogen-bond donors (Lipinski definition) is 0. The Labute approximate surface area is 144 Å². The summed E-state index contributed by atoms with van der Waals surface area (Å²) in [5.74, 6) is 1.38. The number of rotatable bonds is 9. The van der Waals surface area contributed by atoms with E-state index in [-0.39, 0.29) is 5.91 Å². The molecular weight excluding hydrogens is 302 g/mol. The lowest BCUT2D eigenvalue weighted by Gasteiger charge is -2.23. The molecule has 5 heteroatoms. The van der Waals surface area contributed by atoms with Crippen LogP contribution in [0.3, 0.4) is 0 Å². The highest BCUT2D eigenvalue weighted by atomic mass is 16.5. The Morgan fingerprint density at radius 1 is 1.29 bits per heavy atom. The molecule has 1 amide bonds. The second-order valence-corrected chi connectivity index (χ2v) is 6.36. The summed E-state index contributed by atoms with van der Waals surface area (Å²) in [6.07, 6.45) is 4.30. The number of methoxy groups -OCH3 is 1. The number of benzene rings is 1. The first-order valence-corrected chi connectivity index (χ1v) is 8.40. The Kier molecular flexibility index (Phi) is 7.00. The molecule has 130 valence electrons. The van der Waals surface area contributed by atoms with E-state index < -0.39 is 0 Å². The van der Waals surface area contributed by atoms with Crippen LogP contribution in [-0.4, -0.2) is 40.6 Å². The number of hydrogen-bond acceptors (Lipinski definition) is 3. The molecular formula is C19H27N3O2. The first kappa shape index (κ1) is 18.2. The molecule has 0 radical (unpaired) electrons. The molecule has 24 heavy (non-hydrogen) atoms. The fraction of sp³-hybridized carbons (Fsp3) is 0.474. The summed E-state index contributed by atoms with van der Waals surface area (Å²) in [5, 5.41) is 0. The first-order chi connectivity index (χ1) is 11.6. The topological polar surface area (TPSA) is 47.4 Å². The van der Waals surface area contributed by atoms with Gasteiger partial charge in [0.05, 0.1) is 13.2 Å². The number of imidazole rings is 1. The van der Waals surface area contributed by atoms with Gasteiger partial charge in [-0.2, -0.15) is 0 Å². The maximum atomic E-state index is 12.5. The maximum absolute atomic E-state index is 12.5. The first-order valence-electron chi connectivity index (χ1n) is 8.40. The van der Waals surface area contributed by atoms with Crippen LogP contribution in [-0.2, 0) is 22.6 Å². The molecule has 0 aliphatic rings. The van der Waals surface area contributed by atoms with Gasteiger partial charge in [-0.1, -0.05) is 44.2 Å². The van der Waals surface area contributed by atoms with Gasteiger partial charge in [0, 0.05) is 39.0 Å². The maximum Gasteiger partial charge on any atom is 0.223 e. The van der Waals surface area contributed by atoms with E-state index in [1.807, 2.05) is 29.3 Å². The lowest BCUT2D eigenvalue weighted by atomic mass is 10.1. The Morgan fingerprint density at radius 2 is 2.04 bits per heavy atom. The van der Waals surface area contributed by atoms with Crippen LogP contribution in [0.4, 0.5) is 0 Å². The van der Waals surface area contributed by atoms with Gasteiger partial charge in [0.15, 0.2) is 0 Å². The summed E-state index contributed by atoms with van der Waals surface area (Å²) in [5.41, 5.74) is 1.22. The van der Waals surface area contributed by atoms with E-state index >= 15 is 0 Å². The standard InChI is InChI=1S/C19H27N3O2/c1-16(2)13-19(23)22(11-12-24-3)15-18-20-9-10-21(18)14-17-7-5-4-6-8-17/h4-10,16H,11-15H2,1-3H3. The van der Waals surface area contributed by atoms with Gasteiger partial charge < -0.3 is 14.2 Å². The van der Waals surface area contributed by atoms with Gasteiger partial charge in [-0.3, -0.25) is 4.79 Å². The second kappa shape index (κ2) is 9.23. The Bertz CT molecular complexity index is 623. The molecule has 0 atom stereocenters. The van der Waals surface area contributed by atoms with Crippen molar-refractivity contribution in [2.45, 2.75) is 33.4 Å². The van der Waals surface area contributed by atoms with Crippen molar-refractivity contribution in [2.24, 2.45) is 5.92 Å². The third-order valence-corrected chi connectivity index (χ3v) is 3.83. The molecule has 2 rings (SSSR count). The van der Waals surface area contributed by atoms with Crippen molar-refractivity contribution < 1.29 is 9.53 Å². The van der Waals surface area contributed by atoms with Crippen LogP contribution in [0.5, 0.6) is 0 Å². The molecule has 0 bridgehead atoms. The van der Waals surface area contributed by atoms with E-state index in [9.17, 15) is 4.79 Å². The SMILES string of the molecule is COCCN(Cc1nccn1Cc1ccccc1)C(=O)CC(C)C. The van der Waals surface area contributed by atoms with E-state index in [0.29, 0.717) is 32.0 Å². The van der Waals surface area contributed by atoms with Gasteiger partial charge in [0.1, 0.15) is 5.82 Å². The lowest BCUT2D eigenvalue weighted by molar-refractivity contribution is -0.133. The van der Waals surface area contributed by atoms with Crippen LogP contribution in [0.1, 0.15) is 31.7 Å². The zero-order valence-electron chi connectivity index (χ0n) is 14.8. The normalized spacial score (nSPS) is 11.0. The molecule has 0 unspecified atom stereocenters. The van der Waals surface area contributed by atoms with Crippen LogP contribution in [0.2, 0.25) is 0 Å². The minimum absolute atomic E-state index is 0.149. The summed E-state index contributed by atoms with van der Waals surface area (Å²) in [7, 11) is 1.65. The van der Waals surface area contributed by atoms with Gasteiger partial charge in [0.25, 0.3) is 0 Å². The molecule has 0 fully saturated rings. The minimum atomic E-state index is 0.149. The molecule has 0 saturated heterocycles. The smallest absolute Gasteiger partial charge is 0.223 e. The summed E-state index contributed by atoms with van der Waals surface area (Å²) >= 11 is 0. The van der Waals surface area contributed by atoms with Crippen molar-refractivity contribution in [3.05, 3.63) is 54.1 Å². The average molecular weight is 329 g/mol. The van der Waals surface area contributed by atoms with Gasteiger partial charge >= 0.3 is 0 Å². The Balaban J connectivity index is 2.08. The molecule has 0 aliphatic heterocycles. The summed E-state index contributed by atoms with van der Waals surface area (Å²) < 4.78 is 7.25. The van der Waals surface area contributed by atoms with Crippen molar-refractivity contribution in [3.8, 4) is 0 Å². The van der Waals surface area contributed by atoms with Gasteiger partial charge in [-0.25, -0.2) is 4.98 Å². The zero-order chi connectivity index (χ0) is 17.4. The summed E-state index contributed by atoms with van der Waals surface area (Å²) in [6, 6.07) is 10.3. The molecule has 1 aromatic heterocycles. The summed E-state index contributed by atoms with van der Waals surface area (Å²) in [4.78, 5) is 18.8. The second-order valence-electron chi connectivity index (χ2n) is 6.36. The number of nitrogens with zero attached hydrogens (tertiary/aromatic N) is 3. The van der Waals surface area contributed by atoms with Crippen molar-refractivity contribution >= 4 is 5.91 Å². The summed E-state index contributed by atoms with van der Waals surface area (Å²) in [6.45, 7) is 6.50. The minimum Gasteiger partial charge on any atom is -0.383 e. The van der Waals surface area contributed by atoms with Crippen molar-refractivity contribution in [2.75, 3.05) is 20.3 Å². The predicted octanol–water partition coefficient (Wildman–Crippen LogP) is 2.95. The number of carbonyl (C=O) groups excluding carboxylic acids is 1. The molecule has 1 aromatic carbocycles. The predicted molar refractivity (Wildman–Crippen MR) is 94.5 cm³/mol. The molecule has 0 N–H and O–H groups in total. The van der Waals surface area contributed by atoms with E-state index in [1.54, 1.807) is 13.3 Å². The van der Waals surface area contributed by atoms with Crippen LogP contribution in [0.25, 0.3) is 0 Å². The zero-order valence-corrected chi connectivity index (χ0v) is 14.8. The fourth-order valence-corrected chi connectivity index (χ4v) is 2.56. The third-order valence-electron chi connectivity index (χ3n) is 3.83. The van der Waals surface area contributed by atoms with Crippen LogP contribution in [0, 0.1) is 5.92 Å². The third kappa shape index (κ3) is 5.49. The van der Waals surface area contributed by atoms with E-state index in [4.69, 9.17) is 4.74 Å². The highest BCUT2D eigenvalue weighted by Crippen LogP contribution is 2.11.